The van der Waals surface area contributed by atoms with Crippen molar-refractivity contribution in [2.45, 2.75) is 45.6 Å². The number of aliphatic hydroxyl groups excluding tert-OH is 2. The first-order valence-electron chi connectivity index (χ1n) is 5.94. The van der Waals surface area contributed by atoms with E-state index < -0.39 is 6.10 Å². The lowest BCUT2D eigenvalue weighted by molar-refractivity contribution is 0.0817. The van der Waals surface area contributed by atoms with Gasteiger partial charge < -0.3 is 10.2 Å². The van der Waals surface area contributed by atoms with E-state index in [2.05, 4.69) is 39.0 Å². The zero-order valence-electron chi connectivity index (χ0n) is 10.4. The normalized spacial score (nSPS) is 14.8. The topological polar surface area (TPSA) is 40.5 Å². The van der Waals surface area contributed by atoms with Gasteiger partial charge in [0.05, 0.1) is 12.7 Å². The van der Waals surface area contributed by atoms with Gasteiger partial charge in [0.15, 0.2) is 0 Å². The minimum Gasteiger partial charge on any atom is -0.394 e. The van der Waals surface area contributed by atoms with Crippen LogP contribution < -0.4 is 0 Å². The summed E-state index contributed by atoms with van der Waals surface area (Å²) in [4.78, 5) is 0. The molecule has 0 bridgehead atoms. The summed E-state index contributed by atoms with van der Waals surface area (Å²) in [7, 11) is 0. The van der Waals surface area contributed by atoms with Crippen molar-refractivity contribution in [3.8, 4) is 0 Å². The average molecular weight is 222 g/mol. The standard InChI is InChI=1S/C14H22O2/c1-4-12(8-13(16)9-15)14-7-10(2)5-6-11(14)3/h5-7,12-13,15-16H,4,8-9H2,1-3H3. The number of hydrogen-bond donors (Lipinski definition) is 2. The SMILES string of the molecule is CCC(CC(O)CO)c1cc(C)ccc1C. The number of aryl methyl sites for hydroxylation is 2. The van der Waals surface area contributed by atoms with Crippen molar-refractivity contribution in [2.24, 2.45) is 0 Å². The fourth-order valence-electron chi connectivity index (χ4n) is 2.12. The van der Waals surface area contributed by atoms with Gasteiger partial charge in [-0.05, 0) is 43.7 Å². The molecule has 0 saturated carbocycles. The molecule has 1 aromatic carbocycles. The van der Waals surface area contributed by atoms with Crippen molar-refractivity contribution < 1.29 is 10.2 Å². The van der Waals surface area contributed by atoms with E-state index in [1.165, 1.54) is 16.7 Å². The average Bonchev–Trinajstić information content (AvgIpc) is 2.29. The van der Waals surface area contributed by atoms with Crippen molar-refractivity contribution in [3.05, 3.63) is 34.9 Å². The molecule has 0 spiro atoms. The molecule has 0 fully saturated rings. The first kappa shape index (κ1) is 13.2. The molecule has 2 atom stereocenters. The van der Waals surface area contributed by atoms with E-state index in [0.717, 1.165) is 6.42 Å². The molecule has 0 aliphatic rings. The molecule has 0 aliphatic carbocycles. The van der Waals surface area contributed by atoms with Gasteiger partial charge in [0.2, 0.25) is 0 Å². The highest BCUT2D eigenvalue weighted by Crippen LogP contribution is 2.28. The molecule has 1 rings (SSSR count). The molecule has 2 N–H and O–H groups in total. The quantitative estimate of drug-likeness (QED) is 0.803. The molecular weight excluding hydrogens is 200 g/mol. The van der Waals surface area contributed by atoms with Crippen molar-refractivity contribution in [1.82, 2.24) is 0 Å². The Morgan fingerprint density at radius 2 is 1.94 bits per heavy atom. The van der Waals surface area contributed by atoms with Gasteiger partial charge in [-0.25, -0.2) is 0 Å². The molecule has 0 heterocycles. The predicted octanol–water partition coefficient (Wildman–Crippen LogP) is 2.54. The third-order valence-corrected chi connectivity index (χ3v) is 3.13. The molecule has 16 heavy (non-hydrogen) atoms. The maximum atomic E-state index is 9.53. The van der Waals surface area contributed by atoms with E-state index in [1.807, 2.05) is 0 Å². The molecule has 0 aromatic heterocycles. The minimum absolute atomic E-state index is 0.151. The Labute approximate surface area is 97.9 Å². The van der Waals surface area contributed by atoms with E-state index in [9.17, 15) is 5.11 Å². The van der Waals surface area contributed by atoms with Gasteiger partial charge in [0.1, 0.15) is 0 Å². The number of rotatable bonds is 5. The second-order valence-corrected chi connectivity index (χ2v) is 4.54. The number of benzene rings is 1. The minimum atomic E-state index is -0.607. The van der Waals surface area contributed by atoms with Crippen molar-refractivity contribution in [2.75, 3.05) is 6.61 Å². The van der Waals surface area contributed by atoms with Crippen LogP contribution in [-0.2, 0) is 0 Å². The van der Waals surface area contributed by atoms with E-state index in [1.54, 1.807) is 0 Å². The van der Waals surface area contributed by atoms with Crippen LogP contribution in [0.15, 0.2) is 18.2 Å². The molecule has 2 heteroatoms. The molecule has 0 radical (unpaired) electrons. The Morgan fingerprint density at radius 1 is 1.25 bits per heavy atom. The number of aliphatic hydroxyl groups is 2. The van der Waals surface area contributed by atoms with Gasteiger partial charge in [-0.3, -0.25) is 0 Å². The Bertz CT molecular complexity index is 334. The lowest BCUT2D eigenvalue weighted by atomic mass is 9.87. The summed E-state index contributed by atoms with van der Waals surface area (Å²) >= 11 is 0. The van der Waals surface area contributed by atoms with Gasteiger partial charge in [-0.2, -0.15) is 0 Å². The predicted molar refractivity (Wildman–Crippen MR) is 66.7 cm³/mol. The van der Waals surface area contributed by atoms with Gasteiger partial charge in [0, 0.05) is 0 Å². The van der Waals surface area contributed by atoms with Crippen LogP contribution in [-0.4, -0.2) is 22.9 Å². The van der Waals surface area contributed by atoms with Crippen LogP contribution in [0.5, 0.6) is 0 Å². The van der Waals surface area contributed by atoms with Gasteiger partial charge in [-0.15, -0.1) is 0 Å². The second kappa shape index (κ2) is 6.02. The molecule has 0 amide bonds. The zero-order chi connectivity index (χ0) is 12.1. The molecule has 0 aliphatic heterocycles. The van der Waals surface area contributed by atoms with Crippen molar-refractivity contribution in [3.63, 3.8) is 0 Å². The van der Waals surface area contributed by atoms with Crippen LogP contribution in [0.1, 0.15) is 42.4 Å². The van der Waals surface area contributed by atoms with Gasteiger partial charge in [0.25, 0.3) is 0 Å². The molecule has 0 saturated heterocycles. The van der Waals surface area contributed by atoms with Crippen LogP contribution in [0.3, 0.4) is 0 Å². The van der Waals surface area contributed by atoms with Crippen LogP contribution in [0.25, 0.3) is 0 Å². The molecular formula is C14H22O2. The largest absolute Gasteiger partial charge is 0.394 e. The highest BCUT2D eigenvalue weighted by molar-refractivity contribution is 5.33. The van der Waals surface area contributed by atoms with E-state index in [0.29, 0.717) is 12.3 Å². The first-order chi connectivity index (χ1) is 7.58. The number of hydrogen-bond acceptors (Lipinski definition) is 2. The lowest BCUT2D eigenvalue weighted by Gasteiger charge is -2.20. The first-order valence-corrected chi connectivity index (χ1v) is 5.94. The summed E-state index contributed by atoms with van der Waals surface area (Å²) in [6.45, 7) is 6.15. The summed E-state index contributed by atoms with van der Waals surface area (Å²) in [5.74, 6) is 0.335. The Hall–Kier alpha value is -0.860. The Morgan fingerprint density at radius 3 is 2.50 bits per heavy atom. The van der Waals surface area contributed by atoms with Crippen LogP contribution in [0, 0.1) is 13.8 Å². The molecule has 2 unspecified atom stereocenters. The monoisotopic (exact) mass is 222 g/mol. The summed E-state index contributed by atoms with van der Waals surface area (Å²) in [5.41, 5.74) is 3.81. The maximum Gasteiger partial charge on any atom is 0.0776 e. The fourth-order valence-corrected chi connectivity index (χ4v) is 2.12. The summed E-state index contributed by atoms with van der Waals surface area (Å²) in [6, 6.07) is 6.42. The third-order valence-electron chi connectivity index (χ3n) is 3.13. The smallest absolute Gasteiger partial charge is 0.0776 e. The highest BCUT2D eigenvalue weighted by Gasteiger charge is 2.16. The molecule has 90 valence electrons. The van der Waals surface area contributed by atoms with Crippen LogP contribution in [0.2, 0.25) is 0 Å². The zero-order valence-corrected chi connectivity index (χ0v) is 10.4. The Kier molecular flexibility index (Phi) is 4.97. The third kappa shape index (κ3) is 3.32. The summed E-state index contributed by atoms with van der Waals surface area (Å²) in [5, 5.41) is 18.4. The van der Waals surface area contributed by atoms with Crippen LogP contribution >= 0.6 is 0 Å². The van der Waals surface area contributed by atoms with E-state index in [-0.39, 0.29) is 6.61 Å². The maximum absolute atomic E-state index is 9.53. The molecule has 1 aromatic rings. The highest BCUT2D eigenvalue weighted by atomic mass is 16.3. The Balaban J connectivity index is 2.89. The van der Waals surface area contributed by atoms with E-state index >= 15 is 0 Å². The van der Waals surface area contributed by atoms with Crippen molar-refractivity contribution >= 4 is 0 Å². The van der Waals surface area contributed by atoms with E-state index in [4.69, 9.17) is 5.11 Å². The lowest BCUT2D eigenvalue weighted by Crippen LogP contribution is -2.16. The van der Waals surface area contributed by atoms with Gasteiger partial charge in [-0.1, -0.05) is 30.7 Å². The summed E-state index contributed by atoms with van der Waals surface area (Å²) < 4.78 is 0. The fraction of sp³-hybridized carbons (Fsp3) is 0.571. The van der Waals surface area contributed by atoms with Gasteiger partial charge >= 0.3 is 0 Å². The second-order valence-electron chi connectivity index (χ2n) is 4.54. The van der Waals surface area contributed by atoms with Crippen LogP contribution in [0.4, 0.5) is 0 Å². The molecule has 2 nitrogen and oxygen atoms in total. The summed E-state index contributed by atoms with van der Waals surface area (Å²) in [6.07, 6.45) is 1.02. The van der Waals surface area contributed by atoms with Crippen molar-refractivity contribution in [1.29, 1.82) is 0 Å².